The highest BCUT2D eigenvalue weighted by Gasteiger charge is 2.19. The predicted octanol–water partition coefficient (Wildman–Crippen LogP) is 3.33. The van der Waals surface area contributed by atoms with E-state index in [-0.39, 0.29) is 6.04 Å². The second-order valence-corrected chi connectivity index (χ2v) is 6.58. The van der Waals surface area contributed by atoms with Gasteiger partial charge in [-0.2, -0.15) is 5.10 Å². The van der Waals surface area contributed by atoms with Crippen LogP contribution in [0.25, 0.3) is 0 Å². The summed E-state index contributed by atoms with van der Waals surface area (Å²) in [5, 5.41) is 4.43. The SMILES string of the molecule is CCn1nc(C)cc1CC(NN)c1cc(Cl)sc1Cl. The van der Waals surface area contributed by atoms with Crippen molar-refractivity contribution < 1.29 is 0 Å². The fourth-order valence-electron chi connectivity index (χ4n) is 2.10. The third kappa shape index (κ3) is 3.30. The second kappa shape index (κ2) is 6.24. The molecule has 0 aliphatic carbocycles. The number of hydrogen-bond acceptors (Lipinski definition) is 4. The van der Waals surface area contributed by atoms with Crippen LogP contribution in [0, 0.1) is 6.92 Å². The number of thiophene rings is 1. The van der Waals surface area contributed by atoms with E-state index in [1.54, 1.807) is 0 Å². The van der Waals surface area contributed by atoms with E-state index in [9.17, 15) is 0 Å². The Labute approximate surface area is 126 Å². The standard InChI is InChI=1S/C12H16Cl2N4S/c1-3-18-8(4-7(2)17-18)5-10(16-15)9-6-11(13)19-12(9)14/h4,6,10,16H,3,5,15H2,1-2H3. The Bertz CT molecular complexity index is 564. The molecular weight excluding hydrogens is 303 g/mol. The van der Waals surface area contributed by atoms with E-state index in [0.29, 0.717) is 8.67 Å². The fourth-order valence-corrected chi connectivity index (χ4v) is 3.67. The van der Waals surface area contributed by atoms with Crippen molar-refractivity contribution in [2.45, 2.75) is 32.9 Å². The topological polar surface area (TPSA) is 55.9 Å². The van der Waals surface area contributed by atoms with Crippen LogP contribution in [0.2, 0.25) is 8.67 Å². The van der Waals surface area contributed by atoms with E-state index >= 15 is 0 Å². The number of hydrogen-bond donors (Lipinski definition) is 2. The van der Waals surface area contributed by atoms with Crippen molar-refractivity contribution in [2.24, 2.45) is 5.84 Å². The quantitative estimate of drug-likeness (QED) is 0.656. The largest absolute Gasteiger partial charge is 0.271 e. The van der Waals surface area contributed by atoms with Crippen molar-refractivity contribution >= 4 is 34.5 Å². The lowest BCUT2D eigenvalue weighted by Crippen LogP contribution is -2.30. The smallest absolute Gasteiger partial charge is 0.0992 e. The maximum Gasteiger partial charge on any atom is 0.0992 e. The number of halogens is 2. The first-order valence-electron chi connectivity index (χ1n) is 5.99. The highest BCUT2D eigenvalue weighted by Crippen LogP contribution is 2.35. The molecule has 0 saturated heterocycles. The third-order valence-corrected chi connectivity index (χ3v) is 4.48. The minimum Gasteiger partial charge on any atom is -0.271 e. The number of nitrogens with one attached hydrogen (secondary N) is 1. The van der Waals surface area contributed by atoms with Crippen LogP contribution in [-0.4, -0.2) is 9.78 Å². The molecule has 19 heavy (non-hydrogen) atoms. The maximum atomic E-state index is 6.18. The molecule has 3 N–H and O–H groups in total. The maximum absolute atomic E-state index is 6.18. The first-order valence-corrected chi connectivity index (χ1v) is 7.56. The van der Waals surface area contributed by atoms with Crippen LogP contribution in [0.15, 0.2) is 12.1 Å². The molecule has 0 radical (unpaired) electrons. The summed E-state index contributed by atoms with van der Waals surface area (Å²) in [7, 11) is 0. The monoisotopic (exact) mass is 318 g/mol. The number of aryl methyl sites for hydroxylation is 2. The molecule has 0 bridgehead atoms. The molecule has 0 fully saturated rings. The van der Waals surface area contributed by atoms with Gasteiger partial charge in [-0.25, -0.2) is 0 Å². The van der Waals surface area contributed by atoms with Crippen LogP contribution < -0.4 is 11.3 Å². The van der Waals surface area contributed by atoms with Gasteiger partial charge >= 0.3 is 0 Å². The Hall–Kier alpha value is -0.590. The predicted molar refractivity (Wildman–Crippen MR) is 80.7 cm³/mol. The van der Waals surface area contributed by atoms with E-state index in [2.05, 4.69) is 23.5 Å². The van der Waals surface area contributed by atoms with Gasteiger partial charge in [0.1, 0.15) is 0 Å². The molecular formula is C12H16Cl2N4S. The summed E-state index contributed by atoms with van der Waals surface area (Å²) in [4.78, 5) is 0. The Morgan fingerprint density at radius 2 is 2.21 bits per heavy atom. The van der Waals surface area contributed by atoms with E-state index in [4.69, 9.17) is 29.0 Å². The van der Waals surface area contributed by atoms with Crippen LogP contribution >= 0.6 is 34.5 Å². The van der Waals surface area contributed by atoms with Gasteiger partial charge in [0.25, 0.3) is 0 Å². The Morgan fingerprint density at radius 1 is 1.47 bits per heavy atom. The van der Waals surface area contributed by atoms with E-state index < -0.39 is 0 Å². The Kier molecular flexibility index (Phi) is 4.86. The average molecular weight is 319 g/mol. The van der Waals surface area contributed by atoms with Crippen LogP contribution in [0.3, 0.4) is 0 Å². The van der Waals surface area contributed by atoms with Crippen LogP contribution in [0.5, 0.6) is 0 Å². The second-order valence-electron chi connectivity index (χ2n) is 4.30. The summed E-state index contributed by atoms with van der Waals surface area (Å²) < 4.78 is 3.31. The molecule has 2 aromatic heterocycles. The zero-order valence-electron chi connectivity index (χ0n) is 10.8. The molecule has 0 aliphatic heterocycles. The molecule has 0 aromatic carbocycles. The first kappa shape index (κ1) is 14.8. The third-order valence-electron chi connectivity index (χ3n) is 2.96. The van der Waals surface area contributed by atoms with Gasteiger partial charge < -0.3 is 0 Å². The molecule has 0 amide bonds. The molecule has 2 aromatic rings. The van der Waals surface area contributed by atoms with Gasteiger partial charge in [-0.1, -0.05) is 23.2 Å². The lowest BCUT2D eigenvalue weighted by molar-refractivity contribution is 0.518. The van der Waals surface area contributed by atoms with Gasteiger partial charge in [0.2, 0.25) is 0 Å². The molecule has 4 nitrogen and oxygen atoms in total. The van der Waals surface area contributed by atoms with E-state index in [1.807, 2.05) is 17.7 Å². The molecule has 1 unspecified atom stereocenters. The van der Waals surface area contributed by atoms with Gasteiger partial charge in [0.15, 0.2) is 0 Å². The number of hydrazine groups is 1. The van der Waals surface area contributed by atoms with Crippen LogP contribution in [0.1, 0.15) is 29.9 Å². The average Bonchev–Trinajstić information content (AvgIpc) is 2.88. The number of rotatable bonds is 5. The van der Waals surface area contributed by atoms with E-state index in [0.717, 1.165) is 29.9 Å². The zero-order valence-corrected chi connectivity index (χ0v) is 13.1. The molecule has 0 aliphatic rings. The summed E-state index contributed by atoms with van der Waals surface area (Å²) in [5.41, 5.74) is 5.86. The van der Waals surface area contributed by atoms with Crippen molar-refractivity contribution in [3.63, 3.8) is 0 Å². The minimum atomic E-state index is -0.0716. The van der Waals surface area contributed by atoms with E-state index in [1.165, 1.54) is 11.3 Å². The molecule has 2 heterocycles. The normalized spacial score (nSPS) is 12.9. The van der Waals surface area contributed by atoms with Crippen LogP contribution in [-0.2, 0) is 13.0 Å². The molecule has 0 spiro atoms. The van der Waals surface area contributed by atoms with Crippen molar-refractivity contribution in [1.29, 1.82) is 0 Å². The summed E-state index contributed by atoms with van der Waals surface area (Å²) in [5.74, 6) is 5.65. The lowest BCUT2D eigenvalue weighted by atomic mass is 10.1. The molecule has 0 saturated carbocycles. The summed E-state index contributed by atoms with van der Waals surface area (Å²) in [6, 6.07) is 3.85. The number of nitrogens with two attached hydrogens (primary N) is 1. The molecule has 104 valence electrons. The lowest BCUT2D eigenvalue weighted by Gasteiger charge is -2.15. The summed E-state index contributed by atoms with van der Waals surface area (Å²) in [6.07, 6.45) is 0.720. The summed E-state index contributed by atoms with van der Waals surface area (Å²) >= 11 is 13.5. The van der Waals surface area contributed by atoms with Gasteiger partial charge in [0, 0.05) is 24.2 Å². The highest BCUT2D eigenvalue weighted by molar-refractivity contribution is 7.20. The Balaban J connectivity index is 2.26. The zero-order chi connectivity index (χ0) is 14.0. The highest BCUT2D eigenvalue weighted by atomic mass is 35.5. The van der Waals surface area contributed by atoms with Crippen molar-refractivity contribution in [3.8, 4) is 0 Å². The van der Waals surface area contributed by atoms with Gasteiger partial charge in [-0.15, -0.1) is 11.3 Å². The van der Waals surface area contributed by atoms with Crippen LogP contribution in [0.4, 0.5) is 0 Å². The van der Waals surface area contributed by atoms with Crippen molar-refractivity contribution in [3.05, 3.63) is 37.8 Å². The molecule has 7 heteroatoms. The molecule has 2 rings (SSSR count). The van der Waals surface area contributed by atoms with Gasteiger partial charge in [-0.3, -0.25) is 16.0 Å². The fraction of sp³-hybridized carbons (Fsp3) is 0.417. The number of nitrogens with zero attached hydrogens (tertiary/aromatic N) is 2. The van der Waals surface area contributed by atoms with Crippen molar-refractivity contribution in [1.82, 2.24) is 15.2 Å². The first-order chi connectivity index (χ1) is 9.05. The minimum absolute atomic E-state index is 0.0716. The van der Waals surface area contributed by atoms with Gasteiger partial charge in [0.05, 0.1) is 20.4 Å². The Morgan fingerprint density at radius 3 is 2.74 bits per heavy atom. The number of aromatic nitrogens is 2. The van der Waals surface area contributed by atoms with Gasteiger partial charge in [-0.05, 0) is 26.0 Å². The molecule has 1 atom stereocenters. The van der Waals surface area contributed by atoms with Crippen molar-refractivity contribution in [2.75, 3.05) is 0 Å². The summed E-state index contributed by atoms with van der Waals surface area (Å²) in [6.45, 7) is 4.88.